The first-order chi connectivity index (χ1) is 13.1. The molecule has 0 aliphatic rings. The maximum absolute atomic E-state index is 12.3. The third kappa shape index (κ3) is 4.55. The van der Waals surface area contributed by atoms with Gasteiger partial charge in [0.15, 0.2) is 0 Å². The van der Waals surface area contributed by atoms with Crippen LogP contribution in [0.25, 0.3) is 16.7 Å². The van der Waals surface area contributed by atoms with Gasteiger partial charge in [-0.3, -0.25) is 9.36 Å². The molecule has 27 heavy (non-hydrogen) atoms. The lowest BCUT2D eigenvalue weighted by Crippen LogP contribution is -2.25. The number of nitrogens with zero attached hydrogens (tertiary/aromatic N) is 2. The Balaban J connectivity index is 1.73. The highest BCUT2D eigenvalue weighted by atomic mass is 16.5. The molecule has 0 saturated heterocycles. The number of benzene rings is 2. The van der Waals surface area contributed by atoms with Crippen LogP contribution in [0.15, 0.2) is 48.8 Å². The molecule has 0 bridgehead atoms. The van der Waals surface area contributed by atoms with Gasteiger partial charge in [0.05, 0.1) is 11.0 Å². The van der Waals surface area contributed by atoms with Crippen LogP contribution >= 0.6 is 0 Å². The van der Waals surface area contributed by atoms with Crippen molar-refractivity contribution in [2.24, 2.45) is 0 Å². The molecule has 3 aromatic rings. The molecule has 3 rings (SSSR count). The van der Waals surface area contributed by atoms with Crippen LogP contribution in [0.2, 0.25) is 0 Å². The van der Waals surface area contributed by atoms with Crippen molar-refractivity contribution in [1.82, 2.24) is 14.9 Å². The highest BCUT2D eigenvalue weighted by Gasteiger charge is 2.10. The summed E-state index contributed by atoms with van der Waals surface area (Å²) in [6.45, 7) is 8.30. The largest absolute Gasteiger partial charge is 0.382 e. The van der Waals surface area contributed by atoms with Crippen LogP contribution in [0.5, 0.6) is 0 Å². The summed E-state index contributed by atoms with van der Waals surface area (Å²) in [7, 11) is 0. The van der Waals surface area contributed by atoms with Crippen LogP contribution in [0.3, 0.4) is 0 Å². The highest BCUT2D eigenvalue weighted by Crippen LogP contribution is 2.22. The van der Waals surface area contributed by atoms with Crippen molar-refractivity contribution in [3.05, 3.63) is 59.9 Å². The van der Waals surface area contributed by atoms with E-state index in [1.165, 1.54) is 5.56 Å². The smallest absolute Gasteiger partial charge is 0.251 e. The van der Waals surface area contributed by atoms with Gasteiger partial charge < -0.3 is 10.1 Å². The van der Waals surface area contributed by atoms with E-state index in [1.807, 2.05) is 29.7 Å². The maximum Gasteiger partial charge on any atom is 0.251 e. The lowest BCUT2D eigenvalue weighted by atomic mass is 10.0. The molecule has 1 aromatic heterocycles. The molecule has 142 valence electrons. The molecule has 1 heterocycles. The average Bonchev–Trinajstić information content (AvgIpc) is 3.11. The zero-order valence-electron chi connectivity index (χ0n) is 16.2. The Morgan fingerprint density at radius 2 is 1.96 bits per heavy atom. The minimum atomic E-state index is -0.0794. The topological polar surface area (TPSA) is 56.1 Å². The summed E-state index contributed by atoms with van der Waals surface area (Å²) in [5, 5.41) is 2.92. The van der Waals surface area contributed by atoms with E-state index in [4.69, 9.17) is 4.74 Å². The highest BCUT2D eigenvalue weighted by molar-refractivity contribution is 5.97. The quantitative estimate of drug-likeness (QED) is 0.605. The zero-order valence-corrected chi connectivity index (χ0v) is 16.2. The summed E-state index contributed by atoms with van der Waals surface area (Å²) in [6, 6.07) is 14.2. The van der Waals surface area contributed by atoms with Gasteiger partial charge in [-0.2, -0.15) is 0 Å². The van der Waals surface area contributed by atoms with Gasteiger partial charge in [0, 0.05) is 31.0 Å². The summed E-state index contributed by atoms with van der Waals surface area (Å²) in [5.74, 6) is 0.428. The molecule has 0 saturated carbocycles. The maximum atomic E-state index is 12.3. The Hall–Kier alpha value is -2.66. The van der Waals surface area contributed by atoms with Gasteiger partial charge in [0.1, 0.15) is 6.33 Å². The Kier molecular flexibility index (Phi) is 6.24. The van der Waals surface area contributed by atoms with Gasteiger partial charge in [0.2, 0.25) is 0 Å². The number of rotatable bonds is 8. The van der Waals surface area contributed by atoms with E-state index < -0.39 is 0 Å². The second-order valence-electron chi connectivity index (χ2n) is 6.87. The number of carbonyl (C=O) groups is 1. The molecule has 0 fully saturated rings. The summed E-state index contributed by atoms with van der Waals surface area (Å²) in [6.07, 6.45) is 2.61. The van der Waals surface area contributed by atoms with Gasteiger partial charge >= 0.3 is 0 Å². The predicted octanol–water partition coefficient (Wildman–Crippen LogP) is 4.31. The number of fused-ring (bicyclic) bond motifs is 1. The molecule has 1 N–H and O–H groups in total. The van der Waals surface area contributed by atoms with Crippen LogP contribution in [0.1, 0.15) is 49.0 Å². The molecule has 2 aromatic carbocycles. The number of aromatic nitrogens is 2. The van der Waals surface area contributed by atoms with Gasteiger partial charge in [-0.1, -0.05) is 26.0 Å². The molecule has 5 nitrogen and oxygen atoms in total. The number of imidazole rings is 1. The van der Waals surface area contributed by atoms with Crippen LogP contribution < -0.4 is 5.32 Å². The average molecular weight is 365 g/mol. The first-order valence-electron chi connectivity index (χ1n) is 9.53. The minimum Gasteiger partial charge on any atom is -0.382 e. The van der Waals surface area contributed by atoms with Crippen LogP contribution in [-0.4, -0.2) is 35.2 Å². The molecular weight excluding hydrogens is 338 g/mol. The van der Waals surface area contributed by atoms with Crippen molar-refractivity contribution in [2.45, 2.75) is 33.1 Å². The van der Waals surface area contributed by atoms with E-state index >= 15 is 0 Å². The summed E-state index contributed by atoms with van der Waals surface area (Å²) >= 11 is 0. The van der Waals surface area contributed by atoms with E-state index in [0.717, 1.165) is 23.1 Å². The van der Waals surface area contributed by atoms with E-state index in [2.05, 4.69) is 48.4 Å². The summed E-state index contributed by atoms with van der Waals surface area (Å²) < 4.78 is 7.32. The van der Waals surface area contributed by atoms with Crippen molar-refractivity contribution >= 4 is 16.9 Å². The molecule has 0 aliphatic heterocycles. The normalized spacial score (nSPS) is 11.3. The Morgan fingerprint density at radius 3 is 2.67 bits per heavy atom. The second-order valence-corrected chi connectivity index (χ2v) is 6.87. The lowest BCUT2D eigenvalue weighted by Gasteiger charge is -2.09. The third-order valence-electron chi connectivity index (χ3n) is 4.60. The van der Waals surface area contributed by atoms with Crippen LogP contribution in [0, 0.1) is 0 Å². The van der Waals surface area contributed by atoms with E-state index in [1.54, 1.807) is 6.33 Å². The number of nitrogens with one attached hydrogen (secondary N) is 1. The first-order valence-corrected chi connectivity index (χ1v) is 9.53. The fourth-order valence-corrected chi connectivity index (χ4v) is 3.00. The van der Waals surface area contributed by atoms with Crippen molar-refractivity contribution in [2.75, 3.05) is 19.8 Å². The third-order valence-corrected chi connectivity index (χ3v) is 4.60. The molecule has 0 radical (unpaired) electrons. The Labute approximate surface area is 160 Å². The number of hydrogen-bond acceptors (Lipinski definition) is 3. The Bertz CT molecular complexity index is 898. The molecule has 0 unspecified atom stereocenters. The van der Waals surface area contributed by atoms with Crippen molar-refractivity contribution in [3.8, 4) is 5.69 Å². The van der Waals surface area contributed by atoms with Gasteiger partial charge in [0.25, 0.3) is 5.91 Å². The molecular formula is C22H27N3O2. The number of hydrogen-bond donors (Lipinski definition) is 1. The SMILES string of the molecule is CCOCCCNC(=O)c1ccc2c(c1)ncn2-c1ccc(C(C)C)cc1. The second kappa shape index (κ2) is 8.82. The Morgan fingerprint density at radius 1 is 1.19 bits per heavy atom. The minimum absolute atomic E-state index is 0.0794. The molecule has 5 heteroatoms. The van der Waals surface area contributed by atoms with Crippen molar-refractivity contribution < 1.29 is 9.53 Å². The molecule has 0 spiro atoms. The summed E-state index contributed by atoms with van der Waals surface area (Å²) in [5.41, 5.74) is 4.80. The van der Waals surface area contributed by atoms with E-state index in [9.17, 15) is 4.79 Å². The fourth-order valence-electron chi connectivity index (χ4n) is 3.00. The van der Waals surface area contributed by atoms with Crippen molar-refractivity contribution in [1.29, 1.82) is 0 Å². The predicted molar refractivity (Wildman–Crippen MR) is 109 cm³/mol. The molecule has 1 amide bonds. The first kappa shape index (κ1) is 19.1. The van der Waals surface area contributed by atoms with E-state index in [-0.39, 0.29) is 5.91 Å². The number of amides is 1. The van der Waals surface area contributed by atoms with Crippen molar-refractivity contribution in [3.63, 3.8) is 0 Å². The van der Waals surface area contributed by atoms with Gasteiger partial charge in [-0.25, -0.2) is 4.98 Å². The van der Waals surface area contributed by atoms with Gasteiger partial charge in [-0.15, -0.1) is 0 Å². The van der Waals surface area contributed by atoms with Gasteiger partial charge in [-0.05, 0) is 55.2 Å². The van der Waals surface area contributed by atoms with E-state index in [0.29, 0.717) is 31.2 Å². The molecule has 0 aliphatic carbocycles. The summed E-state index contributed by atoms with van der Waals surface area (Å²) in [4.78, 5) is 16.8. The lowest BCUT2D eigenvalue weighted by molar-refractivity contribution is 0.0944. The fraction of sp³-hybridized carbons (Fsp3) is 0.364. The van der Waals surface area contributed by atoms with Crippen LogP contribution in [-0.2, 0) is 4.74 Å². The zero-order chi connectivity index (χ0) is 19.2. The molecule has 0 atom stereocenters. The number of carbonyl (C=O) groups excluding carboxylic acids is 1. The monoisotopic (exact) mass is 365 g/mol. The van der Waals surface area contributed by atoms with Crippen LogP contribution in [0.4, 0.5) is 0 Å². The standard InChI is InChI=1S/C22H27N3O2/c1-4-27-13-5-12-23-22(26)18-8-11-21-20(14-18)24-15-25(21)19-9-6-17(7-10-19)16(2)3/h6-11,14-16H,4-5,12-13H2,1-3H3,(H,23,26). The number of ether oxygens (including phenoxy) is 1.